The molecule has 2 N–H and O–H groups in total. The molecule has 5 heteroatoms. The third kappa shape index (κ3) is 3.64. The molecule has 84 valence electrons. The SMILES string of the molecule is CN(CC(C)(C)CN)c1ccc(Cl)nn1. The quantitative estimate of drug-likeness (QED) is 0.850. The van der Waals surface area contributed by atoms with Crippen LogP contribution in [0.15, 0.2) is 12.1 Å². The maximum atomic E-state index is 5.67. The van der Waals surface area contributed by atoms with Crippen molar-refractivity contribution in [3.05, 3.63) is 17.3 Å². The molecule has 0 unspecified atom stereocenters. The van der Waals surface area contributed by atoms with Crippen LogP contribution in [-0.2, 0) is 0 Å². The largest absolute Gasteiger partial charge is 0.358 e. The Morgan fingerprint density at radius 1 is 1.40 bits per heavy atom. The molecule has 0 aromatic carbocycles. The van der Waals surface area contributed by atoms with Crippen LogP contribution in [0.2, 0.25) is 5.15 Å². The fourth-order valence-corrected chi connectivity index (χ4v) is 1.40. The normalized spacial score (nSPS) is 11.5. The van der Waals surface area contributed by atoms with Gasteiger partial charge in [0.15, 0.2) is 11.0 Å². The summed E-state index contributed by atoms with van der Waals surface area (Å²) in [7, 11) is 1.97. The summed E-state index contributed by atoms with van der Waals surface area (Å²) in [6.45, 7) is 5.71. The van der Waals surface area contributed by atoms with Crippen LogP contribution in [0.1, 0.15) is 13.8 Å². The summed E-state index contributed by atoms with van der Waals surface area (Å²) in [6, 6.07) is 3.58. The Kier molecular flexibility index (Phi) is 3.88. The summed E-state index contributed by atoms with van der Waals surface area (Å²) in [6.07, 6.45) is 0. The van der Waals surface area contributed by atoms with E-state index < -0.39 is 0 Å². The lowest BCUT2D eigenvalue weighted by Crippen LogP contribution is -2.37. The number of halogens is 1. The molecule has 0 aliphatic carbocycles. The van der Waals surface area contributed by atoms with Gasteiger partial charge in [0.2, 0.25) is 0 Å². The van der Waals surface area contributed by atoms with Crippen LogP contribution in [0.3, 0.4) is 0 Å². The molecule has 0 aliphatic heterocycles. The molecule has 0 fully saturated rings. The third-order valence-electron chi connectivity index (χ3n) is 2.23. The van der Waals surface area contributed by atoms with Crippen LogP contribution in [0, 0.1) is 5.41 Å². The predicted octanol–water partition coefficient (Wildman–Crippen LogP) is 1.55. The molecule has 0 atom stereocenters. The first-order chi connectivity index (χ1) is 6.94. The fraction of sp³-hybridized carbons (Fsp3) is 0.600. The van der Waals surface area contributed by atoms with Crippen molar-refractivity contribution in [1.82, 2.24) is 10.2 Å². The first-order valence-electron chi connectivity index (χ1n) is 4.85. The lowest BCUT2D eigenvalue weighted by molar-refractivity contribution is 0.384. The zero-order chi connectivity index (χ0) is 11.5. The average Bonchev–Trinajstić information content (AvgIpc) is 2.18. The Bertz CT molecular complexity index is 310. The van der Waals surface area contributed by atoms with Gasteiger partial charge in [-0.3, -0.25) is 0 Å². The van der Waals surface area contributed by atoms with Gasteiger partial charge in [0.05, 0.1) is 0 Å². The van der Waals surface area contributed by atoms with Crippen LogP contribution in [0.5, 0.6) is 0 Å². The second-order valence-corrected chi connectivity index (χ2v) is 4.83. The van der Waals surface area contributed by atoms with Crippen molar-refractivity contribution < 1.29 is 0 Å². The van der Waals surface area contributed by atoms with Crippen molar-refractivity contribution in [2.45, 2.75) is 13.8 Å². The van der Waals surface area contributed by atoms with Gasteiger partial charge in [-0.2, -0.15) is 0 Å². The van der Waals surface area contributed by atoms with Gasteiger partial charge in [0, 0.05) is 13.6 Å². The number of nitrogens with zero attached hydrogens (tertiary/aromatic N) is 3. The maximum Gasteiger partial charge on any atom is 0.151 e. The summed E-state index contributed by atoms with van der Waals surface area (Å²) < 4.78 is 0. The molecule has 1 aromatic rings. The second kappa shape index (κ2) is 4.77. The highest BCUT2D eigenvalue weighted by atomic mass is 35.5. The zero-order valence-corrected chi connectivity index (χ0v) is 10.1. The van der Waals surface area contributed by atoms with Gasteiger partial charge >= 0.3 is 0 Å². The van der Waals surface area contributed by atoms with Crippen molar-refractivity contribution in [3.8, 4) is 0 Å². The molecular formula is C10H17ClN4. The Hall–Kier alpha value is -0.870. The standard InChI is InChI=1S/C10H17ClN4/c1-10(2,6-12)7-15(3)9-5-4-8(11)13-14-9/h4-5H,6-7,12H2,1-3H3. The van der Waals surface area contributed by atoms with Crippen LogP contribution >= 0.6 is 11.6 Å². The lowest BCUT2D eigenvalue weighted by Gasteiger charge is -2.29. The Morgan fingerprint density at radius 2 is 2.07 bits per heavy atom. The molecule has 0 spiro atoms. The van der Waals surface area contributed by atoms with E-state index in [4.69, 9.17) is 17.3 Å². The van der Waals surface area contributed by atoms with Crippen molar-refractivity contribution in [2.24, 2.45) is 11.1 Å². The molecule has 0 bridgehead atoms. The third-order valence-corrected chi connectivity index (χ3v) is 2.43. The van der Waals surface area contributed by atoms with Gasteiger partial charge in [0.25, 0.3) is 0 Å². The van der Waals surface area contributed by atoms with E-state index in [1.807, 2.05) is 18.0 Å². The van der Waals surface area contributed by atoms with E-state index >= 15 is 0 Å². The number of rotatable bonds is 4. The molecule has 4 nitrogen and oxygen atoms in total. The highest BCUT2D eigenvalue weighted by molar-refractivity contribution is 6.29. The fourth-order valence-electron chi connectivity index (χ4n) is 1.30. The van der Waals surface area contributed by atoms with Gasteiger partial charge in [-0.15, -0.1) is 10.2 Å². The lowest BCUT2D eigenvalue weighted by atomic mass is 9.93. The summed E-state index contributed by atoms with van der Waals surface area (Å²) >= 11 is 5.66. The Morgan fingerprint density at radius 3 is 2.53 bits per heavy atom. The van der Waals surface area contributed by atoms with Gasteiger partial charge in [-0.05, 0) is 24.1 Å². The molecular weight excluding hydrogens is 212 g/mol. The smallest absolute Gasteiger partial charge is 0.151 e. The van der Waals surface area contributed by atoms with E-state index in [-0.39, 0.29) is 5.41 Å². The number of aromatic nitrogens is 2. The minimum atomic E-state index is 0.0655. The van der Waals surface area contributed by atoms with Gasteiger partial charge < -0.3 is 10.6 Å². The molecule has 1 rings (SSSR count). The first kappa shape index (κ1) is 12.2. The van der Waals surface area contributed by atoms with E-state index in [1.165, 1.54) is 0 Å². The highest BCUT2D eigenvalue weighted by Gasteiger charge is 2.18. The van der Waals surface area contributed by atoms with Crippen molar-refractivity contribution in [1.29, 1.82) is 0 Å². The monoisotopic (exact) mass is 228 g/mol. The van der Waals surface area contributed by atoms with E-state index in [0.717, 1.165) is 12.4 Å². The van der Waals surface area contributed by atoms with Crippen molar-refractivity contribution in [2.75, 3.05) is 25.0 Å². The van der Waals surface area contributed by atoms with Gasteiger partial charge in [-0.25, -0.2) is 0 Å². The number of anilines is 1. The molecule has 15 heavy (non-hydrogen) atoms. The summed E-state index contributed by atoms with van der Waals surface area (Å²) in [4.78, 5) is 2.02. The number of hydrogen-bond donors (Lipinski definition) is 1. The van der Waals surface area contributed by atoms with Crippen LogP contribution in [0.25, 0.3) is 0 Å². The van der Waals surface area contributed by atoms with E-state index in [2.05, 4.69) is 24.0 Å². The van der Waals surface area contributed by atoms with Gasteiger partial charge in [-0.1, -0.05) is 25.4 Å². The molecule has 1 heterocycles. The summed E-state index contributed by atoms with van der Waals surface area (Å²) in [5.74, 6) is 0.806. The minimum absolute atomic E-state index is 0.0655. The van der Waals surface area contributed by atoms with Gasteiger partial charge in [0.1, 0.15) is 0 Å². The van der Waals surface area contributed by atoms with E-state index in [9.17, 15) is 0 Å². The molecule has 0 saturated carbocycles. The summed E-state index contributed by atoms with van der Waals surface area (Å²) in [5.41, 5.74) is 5.74. The first-order valence-corrected chi connectivity index (χ1v) is 5.23. The van der Waals surface area contributed by atoms with E-state index in [0.29, 0.717) is 11.7 Å². The highest BCUT2D eigenvalue weighted by Crippen LogP contribution is 2.18. The average molecular weight is 229 g/mol. The van der Waals surface area contributed by atoms with Crippen LogP contribution in [-0.4, -0.2) is 30.3 Å². The number of hydrogen-bond acceptors (Lipinski definition) is 4. The van der Waals surface area contributed by atoms with E-state index in [1.54, 1.807) is 6.07 Å². The molecule has 0 aliphatic rings. The zero-order valence-electron chi connectivity index (χ0n) is 9.37. The molecule has 0 amide bonds. The molecule has 0 radical (unpaired) electrons. The van der Waals surface area contributed by atoms with Crippen LogP contribution < -0.4 is 10.6 Å². The Labute approximate surface area is 95.4 Å². The Balaban J connectivity index is 2.69. The van der Waals surface area contributed by atoms with Crippen molar-refractivity contribution in [3.63, 3.8) is 0 Å². The molecule has 1 aromatic heterocycles. The summed E-state index contributed by atoms with van der Waals surface area (Å²) in [5, 5.41) is 8.21. The molecule has 0 saturated heterocycles. The number of nitrogens with two attached hydrogens (primary N) is 1. The predicted molar refractivity (Wildman–Crippen MR) is 63.1 cm³/mol. The topological polar surface area (TPSA) is 55.0 Å². The van der Waals surface area contributed by atoms with Crippen molar-refractivity contribution >= 4 is 17.4 Å². The minimum Gasteiger partial charge on any atom is -0.358 e. The van der Waals surface area contributed by atoms with Crippen LogP contribution in [0.4, 0.5) is 5.82 Å². The second-order valence-electron chi connectivity index (χ2n) is 4.44. The maximum absolute atomic E-state index is 5.67.